The number of rotatable bonds is 17. The minimum Gasteiger partial charge on any atom is -0.496 e. The van der Waals surface area contributed by atoms with Crippen LogP contribution in [0.5, 0.6) is 5.75 Å². The lowest BCUT2D eigenvalue weighted by Crippen LogP contribution is -2.14. The first-order valence-corrected chi connectivity index (χ1v) is 21.5. The van der Waals surface area contributed by atoms with Crippen molar-refractivity contribution in [2.75, 3.05) is 96.8 Å². The molecule has 6 aromatic carbocycles. The van der Waals surface area contributed by atoms with E-state index in [2.05, 4.69) is 10.6 Å². The third-order valence-corrected chi connectivity index (χ3v) is 10.5. The van der Waals surface area contributed by atoms with Crippen molar-refractivity contribution >= 4 is 79.3 Å². The molecule has 3 aliphatic carbocycles. The van der Waals surface area contributed by atoms with Crippen molar-refractivity contribution in [1.82, 2.24) is 0 Å². The first-order valence-electron chi connectivity index (χ1n) is 21.5. The quantitative estimate of drug-likeness (QED) is 0.0515. The van der Waals surface area contributed by atoms with Crippen molar-refractivity contribution in [3.63, 3.8) is 0 Å². The average Bonchev–Trinajstić information content (AvgIpc) is 3.33. The Kier molecular flexibility index (Phi) is 18.1. The largest absolute Gasteiger partial charge is 0.496 e. The molecule has 0 radical (unpaired) electrons. The van der Waals surface area contributed by atoms with Gasteiger partial charge >= 0.3 is 0 Å². The van der Waals surface area contributed by atoms with Gasteiger partial charge in [0.15, 0.2) is 17.3 Å². The van der Waals surface area contributed by atoms with Crippen LogP contribution in [0.15, 0.2) is 109 Å². The van der Waals surface area contributed by atoms with Crippen molar-refractivity contribution < 1.29 is 48.7 Å². The smallest absolute Gasteiger partial charge is 0.190 e. The number of nitrogens with two attached hydrogens (primary N) is 1. The highest BCUT2D eigenvalue weighted by Crippen LogP contribution is 2.36. The molecule has 7 N–H and O–H groups in total. The number of aliphatic hydroxyl groups is 3. The van der Waals surface area contributed by atoms with E-state index in [1.165, 1.54) is 0 Å². The number of anilines is 2. The summed E-state index contributed by atoms with van der Waals surface area (Å²) in [6.07, 6.45) is 10.4. The molecule has 338 valence electrons. The summed E-state index contributed by atoms with van der Waals surface area (Å²) in [5, 5.41) is 38.2. The van der Waals surface area contributed by atoms with Crippen LogP contribution < -0.4 is 21.1 Å². The second-order valence-electron chi connectivity index (χ2n) is 14.7. The first kappa shape index (κ1) is 47.9. The predicted octanol–water partition coefficient (Wildman–Crippen LogP) is 6.95. The van der Waals surface area contributed by atoms with E-state index in [1.807, 2.05) is 109 Å². The summed E-state index contributed by atoms with van der Waals surface area (Å²) < 4.78 is 20.4. The number of ketones is 3. The maximum absolute atomic E-state index is 12.2. The summed E-state index contributed by atoms with van der Waals surface area (Å²) in [6.45, 7) is 4.43. The molecule has 13 heteroatoms. The summed E-state index contributed by atoms with van der Waals surface area (Å²) in [5.41, 5.74) is 12.1. The van der Waals surface area contributed by atoms with E-state index in [9.17, 15) is 14.4 Å². The van der Waals surface area contributed by atoms with E-state index >= 15 is 0 Å². The molecule has 0 saturated heterocycles. The monoisotopic (exact) mass is 881 g/mol. The Bertz CT molecular complexity index is 2580. The Balaban J connectivity index is 0.000000152. The molecule has 9 rings (SSSR count). The number of benzene rings is 6. The van der Waals surface area contributed by atoms with Crippen molar-refractivity contribution in [2.45, 2.75) is 0 Å². The molecule has 0 atom stereocenters. The van der Waals surface area contributed by atoms with Gasteiger partial charge in [-0.1, -0.05) is 91.0 Å². The third-order valence-electron chi connectivity index (χ3n) is 10.5. The van der Waals surface area contributed by atoms with Gasteiger partial charge in [-0.15, -0.1) is 0 Å². The van der Waals surface area contributed by atoms with Gasteiger partial charge in [-0.3, -0.25) is 14.4 Å². The highest BCUT2D eigenvalue weighted by atomic mass is 16.5. The van der Waals surface area contributed by atoms with E-state index < -0.39 is 0 Å². The lowest BCUT2D eigenvalue weighted by Gasteiger charge is -2.17. The minimum absolute atomic E-state index is 0.0150. The highest BCUT2D eigenvalue weighted by molar-refractivity contribution is 6.24. The average molecular weight is 882 g/mol. The van der Waals surface area contributed by atoms with Gasteiger partial charge < -0.3 is 50.6 Å². The number of allylic oxidation sites excluding steroid dienone is 3. The van der Waals surface area contributed by atoms with Gasteiger partial charge in [-0.05, 0) is 69.3 Å². The van der Waals surface area contributed by atoms with E-state index in [-0.39, 0.29) is 37.2 Å². The summed E-state index contributed by atoms with van der Waals surface area (Å²) in [5.74, 6) is 0.714. The van der Waals surface area contributed by atoms with E-state index in [0.29, 0.717) is 70.6 Å². The van der Waals surface area contributed by atoms with Crippen LogP contribution in [0.2, 0.25) is 0 Å². The number of carbonyl (C=O) groups is 3. The molecule has 0 aliphatic heterocycles. The molecular formula is C52H55N3O10. The van der Waals surface area contributed by atoms with Gasteiger partial charge in [-0.2, -0.15) is 0 Å². The van der Waals surface area contributed by atoms with Crippen molar-refractivity contribution in [1.29, 1.82) is 0 Å². The van der Waals surface area contributed by atoms with E-state index in [1.54, 1.807) is 25.3 Å². The fourth-order valence-corrected chi connectivity index (χ4v) is 7.69. The Morgan fingerprint density at radius 1 is 0.462 bits per heavy atom. The fraction of sp³-hybridized carbons (Fsp3) is 0.250. The molecule has 3 aliphatic rings. The van der Waals surface area contributed by atoms with E-state index in [4.69, 9.17) is 40.0 Å². The fourth-order valence-electron chi connectivity index (χ4n) is 7.69. The van der Waals surface area contributed by atoms with Crippen molar-refractivity contribution in [3.8, 4) is 5.75 Å². The zero-order valence-corrected chi connectivity index (χ0v) is 36.4. The molecule has 0 heterocycles. The zero-order chi connectivity index (χ0) is 46.0. The third kappa shape index (κ3) is 12.0. The number of aliphatic hydroxyl groups excluding tert-OH is 3. The Labute approximate surface area is 377 Å². The van der Waals surface area contributed by atoms with Crippen molar-refractivity contribution in [2.24, 2.45) is 5.73 Å². The molecule has 0 bridgehead atoms. The molecule has 0 spiro atoms. The number of hydrogen-bond donors (Lipinski definition) is 6. The Morgan fingerprint density at radius 3 is 1.25 bits per heavy atom. The Morgan fingerprint density at radius 2 is 0.846 bits per heavy atom. The number of hydrogen-bond acceptors (Lipinski definition) is 13. The second-order valence-corrected chi connectivity index (χ2v) is 14.7. The zero-order valence-electron chi connectivity index (χ0n) is 36.4. The highest BCUT2D eigenvalue weighted by Gasteiger charge is 2.21. The summed E-state index contributed by atoms with van der Waals surface area (Å²) in [4.78, 5) is 36.4. The number of ether oxygens (including phenoxy) is 4. The minimum atomic E-state index is 0.0150. The predicted molar refractivity (Wildman–Crippen MR) is 258 cm³/mol. The lowest BCUT2D eigenvalue weighted by atomic mass is 9.91. The summed E-state index contributed by atoms with van der Waals surface area (Å²) in [7, 11) is 1.59. The SMILES string of the molecule is COc1ccc2cccc3c2c1C(=O)C=C3.NCCOCCO.O=C1C=Cc2cccc3ccc(NCCOCCO)c1c23.O=C1C=Cc2cccc3ccc(NCCOCCO)c1c23. The molecule has 0 fully saturated rings. The van der Waals surface area contributed by atoms with Crippen LogP contribution >= 0.6 is 0 Å². The van der Waals surface area contributed by atoms with Crippen LogP contribution in [0.1, 0.15) is 47.8 Å². The van der Waals surface area contributed by atoms with Gasteiger partial charge in [0, 0.05) is 47.2 Å². The van der Waals surface area contributed by atoms with Crippen molar-refractivity contribution in [3.05, 3.63) is 143 Å². The second kappa shape index (κ2) is 24.5. The van der Waals surface area contributed by atoms with Gasteiger partial charge in [0.1, 0.15) is 5.75 Å². The van der Waals surface area contributed by atoms with Crippen LogP contribution in [0.4, 0.5) is 11.4 Å². The maximum atomic E-state index is 12.2. The number of carbonyl (C=O) groups excluding carboxylic acids is 3. The van der Waals surface area contributed by atoms with Crippen LogP contribution in [0.25, 0.3) is 50.5 Å². The number of methoxy groups -OCH3 is 1. The molecule has 65 heavy (non-hydrogen) atoms. The molecular weight excluding hydrogens is 827 g/mol. The van der Waals surface area contributed by atoms with E-state index in [0.717, 1.165) is 71.5 Å². The molecule has 0 amide bonds. The maximum Gasteiger partial charge on any atom is 0.190 e. The standard InChI is InChI=1S/2C17H17NO3.C14H10O2.C4H11NO2/c2*19-9-11-21-10-8-18-14-6-4-12-2-1-3-13-5-7-15(20)17(14)16(12)13;1-16-12-8-6-10-4-2-3-9-5-7-11(15)14(12)13(9)10;5-1-3-7-4-2-6/h2*1-7,18-19H,8-11H2;2-8H,1H3;6H,1-5H2. The van der Waals surface area contributed by atoms with Crippen LogP contribution in [-0.4, -0.2) is 119 Å². The Hall–Kier alpha value is -6.55. The van der Waals surface area contributed by atoms with Gasteiger partial charge in [0.2, 0.25) is 0 Å². The molecule has 0 unspecified atom stereocenters. The van der Waals surface area contributed by atoms with Crippen LogP contribution in [0, 0.1) is 0 Å². The van der Waals surface area contributed by atoms with Gasteiger partial charge in [-0.25, -0.2) is 0 Å². The molecule has 6 aromatic rings. The van der Waals surface area contributed by atoms with Gasteiger partial charge in [0.05, 0.1) is 83.3 Å². The normalized spacial score (nSPS) is 12.6. The summed E-state index contributed by atoms with van der Waals surface area (Å²) >= 11 is 0. The number of nitrogens with one attached hydrogen (secondary N) is 2. The van der Waals surface area contributed by atoms with Crippen LogP contribution in [0.3, 0.4) is 0 Å². The summed E-state index contributed by atoms with van der Waals surface area (Å²) in [6, 6.07) is 29.8. The molecule has 13 nitrogen and oxygen atoms in total. The molecule has 0 saturated carbocycles. The molecule has 0 aromatic heterocycles. The topological polar surface area (TPSA) is 199 Å². The lowest BCUT2D eigenvalue weighted by molar-refractivity contribution is 0.0976. The van der Waals surface area contributed by atoms with Crippen LogP contribution in [-0.2, 0) is 14.2 Å². The first-order chi connectivity index (χ1) is 31.8. The van der Waals surface area contributed by atoms with Gasteiger partial charge in [0.25, 0.3) is 0 Å².